The molecule has 0 atom stereocenters. The molecule has 0 aliphatic carbocycles. The van der Waals surface area contributed by atoms with Crippen molar-refractivity contribution in [3.05, 3.63) is 43.4 Å². The highest BCUT2D eigenvalue weighted by Gasteiger charge is 2.21. The molecule has 0 radical (unpaired) electrons. The molecule has 0 spiro atoms. The van der Waals surface area contributed by atoms with Crippen LogP contribution in [0.3, 0.4) is 0 Å². The number of benzene rings is 1. The van der Waals surface area contributed by atoms with Gasteiger partial charge in [-0.2, -0.15) is 4.98 Å². The first kappa shape index (κ1) is 14.7. The number of hydrogen-bond acceptors (Lipinski definition) is 6. The Morgan fingerprint density at radius 3 is 2.75 bits per heavy atom. The maximum Gasteiger partial charge on any atom is 0.312 e. The molecule has 0 saturated carbocycles. The number of thiazole rings is 1. The number of nitro benzene ring substituents is 1. The van der Waals surface area contributed by atoms with Crippen molar-refractivity contribution in [2.75, 3.05) is 0 Å². The average Bonchev–Trinajstić information content (AvgIpc) is 2.72. The van der Waals surface area contributed by atoms with E-state index < -0.39 is 4.92 Å². The summed E-state index contributed by atoms with van der Waals surface area (Å²) in [4.78, 5) is 15.0. The largest absolute Gasteiger partial charge is 0.423 e. The minimum absolute atomic E-state index is 0.126. The summed E-state index contributed by atoms with van der Waals surface area (Å²) in [5, 5.41) is 20.4. The van der Waals surface area contributed by atoms with Crippen LogP contribution < -0.4 is 4.74 Å². The zero-order valence-electron chi connectivity index (χ0n) is 10.7. The van der Waals surface area contributed by atoms with Crippen LogP contribution in [-0.2, 0) is 6.61 Å². The number of rotatable bonds is 4. The van der Waals surface area contributed by atoms with Gasteiger partial charge in [-0.05, 0) is 25.0 Å². The van der Waals surface area contributed by atoms with E-state index in [1.54, 1.807) is 19.9 Å². The summed E-state index contributed by atoms with van der Waals surface area (Å²) in [7, 11) is 0. The van der Waals surface area contributed by atoms with Crippen LogP contribution in [0.2, 0.25) is 5.15 Å². The monoisotopic (exact) mass is 314 g/mol. The highest BCUT2D eigenvalue weighted by Crippen LogP contribution is 2.38. The molecule has 0 aliphatic heterocycles. The van der Waals surface area contributed by atoms with Crippen LogP contribution in [-0.4, -0.2) is 15.0 Å². The Kier molecular flexibility index (Phi) is 4.22. The van der Waals surface area contributed by atoms with Crippen molar-refractivity contribution in [1.29, 1.82) is 0 Å². The highest BCUT2D eigenvalue weighted by molar-refractivity contribution is 7.13. The second kappa shape index (κ2) is 5.74. The molecule has 1 aromatic carbocycles. The Morgan fingerprint density at radius 1 is 1.50 bits per heavy atom. The van der Waals surface area contributed by atoms with E-state index in [4.69, 9.17) is 21.4 Å². The van der Waals surface area contributed by atoms with Crippen molar-refractivity contribution < 1.29 is 14.8 Å². The highest BCUT2D eigenvalue weighted by atomic mass is 35.5. The maximum atomic E-state index is 11.1. The zero-order chi connectivity index (χ0) is 14.9. The molecule has 1 aromatic heterocycles. The van der Waals surface area contributed by atoms with Crippen molar-refractivity contribution >= 4 is 28.6 Å². The van der Waals surface area contributed by atoms with Crippen LogP contribution in [0.4, 0.5) is 5.69 Å². The summed E-state index contributed by atoms with van der Waals surface area (Å²) in [6.45, 7) is 3.24. The van der Waals surface area contributed by atoms with Gasteiger partial charge in [0.15, 0.2) is 0 Å². The van der Waals surface area contributed by atoms with Gasteiger partial charge in [0, 0.05) is 6.07 Å². The first-order chi connectivity index (χ1) is 9.42. The lowest BCUT2D eigenvalue weighted by molar-refractivity contribution is -0.385. The molecule has 0 fully saturated rings. The summed E-state index contributed by atoms with van der Waals surface area (Å²) in [6, 6.07) is 3.22. The molecular formula is C12H11ClN2O4S. The Morgan fingerprint density at radius 2 is 2.20 bits per heavy atom. The molecule has 0 aliphatic rings. The predicted molar refractivity (Wildman–Crippen MR) is 75.7 cm³/mol. The normalized spacial score (nSPS) is 10.6. The van der Waals surface area contributed by atoms with E-state index >= 15 is 0 Å². The zero-order valence-corrected chi connectivity index (χ0v) is 12.3. The predicted octanol–water partition coefficient (Wildman–Crippen LogP) is 3.61. The molecule has 0 unspecified atom stereocenters. The third kappa shape index (κ3) is 2.90. The first-order valence-electron chi connectivity index (χ1n) is 5.62. The summed E-state index contributed by atoms with van der Waals surface area (Å²) in [5.74, 6) is 0.135. The number of ether oxygens (including phenoxy) is 1. The number of aliphatic hydroxyl groups excluding tert-OH is 1. The van der Waals surface area contributed by atoms with Crippen LogP contribution in [0.25, 0.3) is 0 Å². The molecule has 1 heterocycles. The Bertz CT molecular complexity index is 672. The fraction of sp³-hybridized carbons (Fsp3) is 0.250. The SMILES string of the molecule is Cc1cc(C)c(Oc2nc(Cl)c(CO)s2)c([N+](=O)[O-])c1. The maximum absolute atomic E-state index is 11.1. The Labute approximate surface area is 123 Å². The topological polar surface area (TPSA) is 85.5 Å². The molecule has 0 amide bonds. The molecule has 0 saturated heterocycles. The van der Waals surface area contributed by atoms with Gasteiger partial charge in [-0.15, -0.1) is 0 Å². The average molecular weight is 315 g/mol. The van der Waals surface area contributed by atoms with Crippen LogP contribution in [0.15, 0.2) is 12.1 Å². The standard InChI is InChI=1S/C12H11ClN2O4S/c1-6-3-7(2)10(8(4-6)15(17)18)19-12-14-11(13)9(5-16)20-12/h3-4,16H,5H2,1-2H3. The van der Waals surface area contributed by atoms with Crippen LogP contribution in [0, 0.1) is 24.0 Å². The van der Waals surface area contributed by atoms with Crippen molar-refractivity contribution in [3.8, 4) is 10.9 Å². The molecule has 8 heteroatoms. The van der Waals surface area contributed by atoms with E-state index in [9.17, 15) is 10.1 Å². The van der Waals surface area contributed by atoms with E-state index in [1.807, 2.05) is 0 Å². The van der Waals surface area contributed by atoms with Gasteiger partial charge in [0.2, 0.25) is 5.75 Å². The van der Waals surface area contributed by atoms with Crippen LogP contribution >= 0.6 is 22.9 Å². The van der Waals surface area contributed by atoms with Crippen molar-refractivity contribution in [3.63, 3.8) is 0 Å². The number of nitro groups is 1. The summed E-state index contributed by atoms with van der Waals surface area (Å²) >= 11 is 6.85. The number of aryl methyl sites for hydroxylation is 2. The third-order valence-electron chi connectivity index (χ3n) is 2.56. The van der Waals surface area contributed by atoms with Crippen molar-refractivity contribution in [2.24, 2.45) is 0 Å². The lowest BCUT2D eigenvalue weighted by atomic mass is 10.1. The van der Waals surface area contributed by atoms with Gasteiger partial charge in [-0.1, -0.05) is 29.0 Å². The molecule has 6 nitrogen and oxygen atoms in total. The van der Waals surface area contributed by atoms with Gasteiger partial charge in [0.05, 0.1) is 16.4 Å². The van der Waals surface area contributed by atoms with E-state index in [-0.39, 0.29) is 28.4 Å². The summed E-state index contributed by atoms with van der Waals surface area (Å²) in [5.41, 5.74) is 1.28. The molecular weight excluding hydrogens is 304 g/mol. The van der Waals surface area contributed by atoms with E-state index in [1.165, 1.54) is 6.07 Å². The quantitative estimate of drug-likeness (QED) is 0.688. The summed E-state index contributed by atoms with van der Waals surface area (Å²) < 4.78 is 5.49. The second-order valence-electron chi connectivity index (χ2n) is 4.14. The molecule has 1 N–H and O–H groups in total. The van der Waals surface area contributed by atoms with E-state index in [0.29, 0.717) is 10.4 Å². The lowest BCUT2D eigenvalue weighted by Crippen LogP contribution is -1.96. The lowest BCUT2D eigenvalue weighted by Gasteiger charge is -2.07. The number of hydrogen-bond donors (Lipinski definition) is 1. The molecule has 20 heavy (non-hydrogen) atoms. The Balaban J connectivity index is 2.44. The minimum atomic E-state index is -0.502. The number of halogens is 1. The number of aliphatic hydroxyl groups is 1. The Hall–Kier alpha value is -1.70. The van der Waals surface area contributed by atoms with Gasteiger partial charge >= 0.3 is 5.69 Å². The van der Waals surface area contributed by atoms with E-state index in [0.717, 1.165) is 16.9 Å². The molecule has 0 bridgehead atoms. The molecule has 2 aromatic rings. The third-order valence-corrected chi connectivity index (χ3v) is 3.90. The molecule has 2 rings (SSSR count). The fourth-order valence-electron chi connectivity index (χ4n) is 1.74. The van der Waals surface area contributed by atoms with Gasteiger partial charge in [0.1, 0.15) is 5.15 Å². The summed E-state index contributed by atoms with van der Waals surface area (Å²) in [6.07, 6.45) is 0. The van der Waals surface area contributed by atoms with Gasteiger partial charge in [-0.3, -0.25) is 10.1 Å². The smallest absolute Gasteiger partial charge is 0.312 e. The van der Waals surface area contributed by atoms with Crippen LogP contribution in [0.5, 0.6) is 10.9 Å². The number of aromatic nitrogens is 1. The van der Waals surface area contributed by atoms with Crippen LogP contribution in [0.1, 0.15) is 16.0 Å². The van der Waals surface area contributed by atoms with E-state index in [2.05, 4.69) is 4.98 Å². The van der Waals surface area contributed by atoms with Gasteiger partial charge in [-0.25, -0.2) is 0 Å². The molecule has 106 valence electrons. The number of nitrogens with zero attached hydrogens (tertiary/aromatic N) is 2. The second-order valence-corrected chi connectivity index (χ2v) is 5.55. The van der Waals surface area contributed by atoms with Gasteiger partial charge in [0.25, 0.3) is 5.19 Å². The fourth-order valence-corrected chi connectivity index (χ4v) is 2.71. The van der Waals surface area contributed by atoms with Crippen molar-refractivity contribution in [1.82, 2.24) is 4.98 Å². The van der Waals surface area contributed by atoms with Crippen molar-refractivity contribution in [2.45, 2.75) is 20.5 Å². The minimum Gasteiger partial charge on any atom is -0.423 e. The first-order valence-corrected chi connectivity index (χ1v) is 6.81. The van der Waals surface area contributed by atoms with Gasteiger partial charge < -0.3 is 9.84 Å².